The van der Waals surface area contributed by atoms with E-state index in [1.165, 1.54) is 17.9 Å². The molecule has 3 amide bonds. The lowest BCUT2D eigenvalue weighted by Gasteiger charge is -2.42. The average Bonchev–Trinajstić information content (AvgIpc) is 3.45. The minimum absolute atomic E-state index is 0.0814. The van der Waals surface area contributed by atoms with Gasteiger partial charge in [0.15, 0.2) is 0 Å². The van der Waals surface area contributed by atoms with Crippen molar-refractivity contribution in [1.29, 1.82) is 0 Å². The number of nitrogens with one attached hydrogen (secondary N) is 1. The number of anilines is 2. The van der Waals surface area contributed by atoms with E-state index in [4.69, 9.17) is 9.47 Å². The number of ether oxygens (including phenoxy) is 2. The molecule has 3 atom stereocenters. The van der Waals surface area contributed by atoms with Crippen LogP contribution in [0.15, 0.2) is 30.6 Å². The Morgan fingerprint density at radius 2 is 2.09 bits per heavy atom. The van der Waals surface area contributed by atoms with Gasteiger partial charge >= 0.3 is 12.2 Å². The molecule has 190 valence electrons. The maximum Gasteiger partial charge on any atom is 0.415 e. The minimum atomic E-state index is -0.558. The number of nitrogens with zero attached hydrogens (tertiary/aromatic N) is 4. The summed E-state index contributed by atoms with van der Waals surface area (Å²) in [6.45, 7) is 7.14. The van der Waals surface area contributed by atoms with Crippen LogP contribution >= 0.6 is 0 Å². The summed E-state index contributed by atoms with van der Waals surface area (Å²) < 4.78 is 25.5. The van der Waals surface area contributed by atoms with Crippen molar-refractivity contribution in [2.75, 3.05) is 42.7 Å². The van der Waals surface area contributed by atoms with Crippen molar-refractivity contribution in [3.63, 3.8) is 0 Å². The molecule has 0 bridgehead atoms. The molecule has 0 radical (unpaired) electrons. The van der Waals surface area contributed by atoms with E-state index in [1.807, 2.05) is 11.1 Å². The van der Waals surface area contributed by atoms with Crippen LogP contribution in [0.3, 0.4) is 0 Å². The molecule has 2 saturated heterocycles. The van der Waals surface area contributed by atoms with Gasteiger partial charge in [-0.25, -0.2) is 14.0 Å². The maximum absolute atomic E-state index is 15.2. The van der Waals surface area contributed by atoms with E-state index >= 15 is 4.39 Å². The second kappa shape index (κ2) is 10.4. The first kappa shape index (κ1) is 24.6. The van der Waals surface area contributed by atoms with Crippen LogP contribution in [0.5, 0.6) is 0 Å². The molecular formula is C24H32FN5O5. The largest absolute Gasteiger partial charge is 0.449 e. The zero-order valence-corrected chi connectivity index (χ0v) is 20.3. The first-order valence-corrected chi connectivity index (χ1v) is 11.9. The lowest BCUT2D eigenvalue weighted by atomic mass is 9.96. The van der Waals surface area contributed by atoms with E-state index in [9.17, 15) is 14.4 Å². The van der Waals surface area contributed by atoms with Crippen molar-refractivity contribution in [1.82, 2.24) is 15.1 Å². The van der Waals surface area contributed by atoms with Crippen molar-refractivity contribution < 1.29 is 28.2 Å². The van der Waals surface area contributed by atoms with Gasteiger partial charge in [-0.2, -0.15) is 0 Å². The van der Waals surface area contributed by atoms with Crippen LogP contribution in [-0.2, 0) is 14.3 Å². The summed E-state index contributed by atoms with van der Waals surface area (Å²) >= 11 is 0. The lowest BCUT2D eigenvalue weighted by molar-refractivity contribution is -0.119. The highest BCUT2D eigenvalue weighted by Crippen LogP contribution is 2.33. The summed E-state index contributed by atoms with van der Waals surface area (Å²) in [5.74, 6) is -0.606. The monoisotopic (exact) mass is 489 g/mol. The fourth-order valence-electron chi connectivity index (χ4n) is 4.80. The fraction of sp³-hybridized carbons (Fsp3) is 0.542. The van der Waals surface area contributed by atoms with Crippen molar-refractivity contribution in [2.24, 2.45) is 0 Å². The number of halogens is 1. The average molecular weight is 490 g/mol. The standard InChI is InChI=1S/C24H32FN5O5/c1-4-34-23(32)28-10-9-27(15-28)18-7-8-29(16(2)11-18)22-6-5-19(12-21(22)25)30-14-20(35-24(30)33)13-26-17(3)31/h5-6,9-10,12,16,18,20H,4,7-8,11,13-15H2,1-3H3,(H,26,31)/t16?,18?,20-/m0/s1. The summed E-state index contributed by atoms with van der Waals surface area (Å²) in [6, 6.07) is 5.10. The summed E-state index contributed by atoms with van der Waals surface area (Å²) in [7, 11) is 0. The third-order valence-corrected chi connectivity index (χ3v) is 6.58. The number of hydrogen-bond donors (Lipinski definition) is 1. The molecule has 3 aliphatic rings. The van der Waals surface area contributed by atoms with Gasteiger partial charge in [-0.1, -0.05) is 0 Å². The van der Waals surface area contributed by atoms with Gasteiger partial charge in [0, 0.05) is 38.0 Å². The Morgan fingerprint density at radius 1 is 1.29 bits per heavy atom. The number of piperidine rings is 1. The Balaban J connectivity index is 1.36. The molecule has 3 heterocycles. The van der Waals surface area contributed by atoms with E-state index in [0.717, 1.165) is 12.8 Å². The number of carbonyl (C=O) groups is 3. The lowest BCUT2D eigenvalue weighted by Crippen LogP contribution is -2.48. The third kappa shape index (κ3) is 5.44. The van der Waals surface area contributed by atoms with Gasteiger partial charge in [0.05, 0.1) is 31.1 Å². The van der Waals surface area contributed by atoms with Gasteiger partial charge in [0.1, 0.15) is 18.6 Å². The molecule has 2 fully saturated rings. The molecule has 2 unspecified atom stereocenters. The van der Waals surface area contributed by atoms with Crippen LogP contribution in [0.4, 0.5) is 25.4 Å². The van der Waals surface area contributed by atoms with E-state index in [0.29, 0.717) is 31.2 Å². The Kier molecular flexibility index (Phi) is 7.32. The maximum atomic E-state index is 15.2. The Bertz CT molecular complexity index is 1000. The van der Waals surface area contributed by atoms with Gasteiger partial charge in [-0.3, -0.25) is 14.6 Å². The second-order valence-electron chi connectivity index (χ2n) is 9.03. The van der Waals surface area contributed by atoms with Gasteiger partial charge < -0.3 is 24.6 Å². The van der Waals surface area contributed by atoms with E-state index < -0.39 is 18.0 Å². The van der Waals surface area contributed by atoms with E-state index in [2.05, 4.69) is 17.1 Å². The summed E-state index contributed by atoms with van der Waals surface area (Å²) in [5, 5.41) is 2.63. The highest BCUT2D eigenvalue weighted by atomic mass is 19.1. The molecule has 1 aromatic rings. The molecule has 1 aromatic carbocycles. The van der Waals surface area contributed by atoms with Crippen LogP contribution in [0.2, 0.25) is 0 Å². The summed E-state index contributed by atoms with van der Waals surface area (Å²) in [4.78, 5) is 42.4. The number of benzene rings is 1. The Hall–Kier alpha value is -3.50. The van der Waals surface area contributed by atoms with Crippen molar-refractivity contribution in [3.8, 4) is 0 Å². The van der Waals surface area contributed by atoms with Crippen LogP contribution in [0, 0.1) is 5.82 Å². The molecule has 1 N–H and O–H groups in total. The van der Waals surface area contributed by atoms with Gasteiger partial charge in [0.25, 0.3) is 0 Å². The topological polar surface area (TPSA) is 94.7 Å². The molecule has 0 aromatic heterocycles. The smallest absolute Gasteiger partial charge is 0.415 e. The van der Waals surface area contributed by atoms with Crippen LogP contribution in [0.1, 0.15) is 33.6 Å². The van der Waals surface area contributed by atoms with Gasteiger partial charge in [0.2, 0.25) is 5.91 Å². The zero-order valence-electron chi connectivity index (χ0n) is 20.3. The molecule has 0 aliphatic carbocycles. The molecule has 3 aliphatic heterocycles. The molecular weight excluding hydrogens is 457 g/mol. The molecule has 0 spiro atoms. The normalized spacial score (nSPS) is 24.1. The van der Waals surface area contributed by atoms with Crippen molar-refractivity contribution >= 4 is 29.5 Å². The fourth-order valence-corrected chi connectivity index (χ4v) is 4.80. The summed E-state index contributed by atoms with van der Waals surface area (Å²) in [5.41, 5.74) is 0.914. The first-order chi connectivity index (χ1) is 16.8. The minimum Gasteiger partial charge on any atom is -0.449 e. The Morgan fingerprint density at radius 3 is 2.77 bits per heavy atom. The number of amides is 3. The zero-order chi connectivity index (χ0) is 25.1. The molecule has 10 nitrogen and oxygen atoms in total. The number of carbonyl (C=O) groups excluding carboxylic acids is 3. The van der Waals surface area contributed by atoms with Gasteiger partial charge in [-0.05, 0) is 44.9 Å². The molecule has 35 heavy (non-hydrogen) atoms. The summed E-state index contributed by atoms with van der Waals surface area (Å²) in [6.07, 6.45) is 3.87. The highest BCUT2D eigenvalue weighted by molar-refractivity contribution is 5.90. The first-order valence-electron chi connectivity index (χ1n) is 11.9. The number of hydrogen-bond acceptors (Lipinski definition) is 7. The third-order valence-electron chi connectivity index (χ3n) is 6.58. The number of rotatable bonds is 6. The predicted octanol–water partition coefficient (Wildman–Crippen LogP) is 2.85. The van der Waals surface area contributed by atoms with Crippen LogP contribution in [0.25, 0.3) is 0 Å². The molecule has 4 rings (SSSR count). The van der Waals surface area contributed by atoms with Crippen molar-refractivity contribution in [2.45, 2.75) is 51.8 Å². The second-order valence-corrected chi connectivity index (χ2v) is 9.03. The van der Waals surface area contributed by atoms with Crippen molar-refractivity contribution in [3.05, 3.63) is 36.4 Å². The number of cyclic esters (lactones) is 1. The van der Waals surface area contributed by atoms with Gasteiger partial charge in [-0.15, -0.1) is 0 Å². The quantitative estimate of drug-likeness (QED) is 0.657. The van der Waals surface area contributed by atoms with Crippen LogP contribution < -0.4 is 15.1 Å². The molecule has 0 saturated carbocycles. The van der Waals surface area contributed by atoms with E-state index in [-0.39, 0.29) is 37.2 Å². The highest BCUT2D eigenvalue weighted by Gasteiger charge is 2.35. The molecule has 11 heteroatoms. The van der Waals surface area contributed by atoms with E-state index in [1.54, 1.807) is 30.2 Å². The predicted molar refractivity (Wildman–Crippen MR) is 127 cm³/mol. The Labute approximate surface area is 204 Å². The van der Waals surface area contributed by atoms with Crippen LogP contribution in [-0.4, -0.2) is 79.0 Å². The SMILES string of the molecule is CCOC(=O)N1C=CN(C2CCN(c3ccc(N4C[C@H](CNC(C)=O)OC4=O)cc3F)C(C)C2)C1.